The average Bonchev–Trinajstić information content (AvgIpc) is 3.61. The second-order valence-corrected chi connectivity index (χ2v) is 8.29. The zero-order valence-electron chi connectivity index (χ0n) is 17.9. The van der Waals surface area contributed by atoms with Gasteiger partial charge in [-0.15, -0.1) is 0 Å². The summed E-state index contributed by atoms with van der Waals surface area (Å²) in [6.07, 6.45) is 6.06. The molecule has 1 saturated heterocycles. The normalized spacial score (nSPS) is 20.8. The van der Waals surface area contributed by atoms with E-state index in [4.69, 9.17) is 13.6 Å². The molecule has 2 atom stereocenters. The largest absolute Gasteiger partial charge is 0.467 e. The molecule has 5 rings (SSSR count). The minimum Gasteiger partial charge on any atom is -0.467 e. The number of ether oxygens (including phenoxy) is 1. The molecule has 0 saturated carbocycles. The van der Waals surface area contributed by atoms with Crippen molar-refractivity contribution in [3.63, 3.8) is 0 Å². The summed E-state index contributed by atoms with van der Waals surface area (Å²) in [5.41, 5.74) is 1.92. The van der Waals surface area contributed by atoms with E-state index in [1.807, 2.05) is 42.5 Å². The van der Waals surface area contributed by atoms with Gasteiger partial charge in [-0.3, -0.25) is 9.69 Å². The van der Waals surface area contributed by atoms with E-state index in [1.54, 1.807) is 17.5 Å². The lowest BCUT2D eigenvalue weighted by molar-refractivity contribution is -0.135. The van der Waals surface area contributed by atoms with E-state index in [-0.39, 0.29) is 24.6 Å². The molecule has 2 aliphatic heterocycles. The lowest BCUT2D eigenvalue weighted by atomic mass is 10.1. The number of hydrogen-bond donors (Lipinski definition) is 0. The monoisotopic (exact) mass is 433 g/mol. The Morgan fingerprint density at radius 2 is 1.91 bits per heavy atom. The fourth-order valence-corrected chi connectivity index (χ4v) is 4.40. The number of carbonyl (C=O) groups excluding carboxylic acids is 1. The van der Waals surface area contributed by atoms with Crippen molar-refractivity contribution in [3.8, 4) is 0 Å². The number of amides is 1. The predicted octanol–water partition coefficient (Wildman–Crippen LogP) is 4.23. The molecule has 0 N–H and O–H groups in total. The maximum atomic E-state index is 13.5. The van der Waals surface area contributed by atoms with Crippen molar-refractivity contribution in [2.45, 2.75) is 38.0 Å². The van der Waals surface area contributed by atoms with Crippen molar-refractivity contribution in [1.82, 2.24) is 9.91 Å². The van der Waals surface area contributed by atoms with Crippen molar-refractivity contribution in [2.75, 3.05) is 19.7 Å². The highest BCUT2D eigenvalue weighted by Crippen LogP contribution is 2.33. The van der Waals surface area contributed by atoms with Crippen LogP contribution in [0.15, 0.2) is 81.1 Å². The number of benzene rings is 1. The van der Waals surface area contributed by atoms with Crippen molar-refractivity contribution < 1.29 is 18.4 Å². The van der Waals surface area contributed by atoms with Crippen molar-refractivity contribution >= 4 is 11.6 Å². The summed E-state index contributed by atoms with van der Waals surface area (Å²) in [7, 11) is 0. The molecule has 0 radical (unpaired) electrons. The van der Waals surface area contributed by atoms with Crippen molar-refractivity contribution in [2.24, 2.45) is 5.10 Å². The second-order valence-electron chi connectivity index (χ2n) is 8.29. The van der Waals surface area contributed by atoms with Gasteiger partial charge in [-0.05, 0) is 42.7 Å². The molecular formula is C25H27N3O4. The predicted molar refractivity (Wildman–Crippen MR) is 119 cm³/mol. The molecule has 2 aliphatic rings. The van der Waals surface area contributed by atoms with Crippen LogP contribution in [0.3, 0.4) is 0 Å². The minimum absolute atomic E-state index is 0.0677. The van der Waals surface area contributed by atoms with Gasteiger partial charge in [0.1, 0.15) is 23.3 Å². The van der Waals surface area contributed by atoms with Crippen LogP contribution in [-0.2, 0) is 16.1 Å². The summed E-state index contributed by atoms with van der Waals surface area (Å²) in [5, 5.41) is 6.21. The standard InChI is InChI=1S/C25H27N3O4/c29-25(18-27(17-20-9-4-12-30-20)16-19-7-2-1-3-8-19)28-22(24-11-6-14-32-24)15-21(26-28)23-10-5-13-31-23/h1-3,5-8,10-11,13-14,20,22H,4,9,12,15-18H2. The smallest absolute Gasteiger partial charge is 0.257 e. The van der Waals surface area contributed by atoms with Gasteiger partial charge in [0.25, 0.3) is 5.91 Å². The topological polar surface area (TPSA) is 71.4 Å². The van der Waals surface area contributed by atoms with E-state index in [2.05, 4.69) is 22.1 Å². The van der Waals surface area contributed by atoms with E-state index in [9.17, 15) is 4.79 Å². The highest BCUT2D eigenvalue weighted by atomic mass is 16.5. The van der Waals surface area contributed by atoms with Gasteiger partial charge in [0, 0.05) is 26.1 Å². The third-order valence-electron chi connectivity index (χ3n) is 5.94. The Morgan fingerprint density at radius 3 is 2.62 bits per heavy atom. The highest BCUT2D eigenvalue weighted by Gasteiger charge is 2.36. The van der Waals surface area contributed by atoms with Crippen LogP contribution in [0.4, 0.5) is 0 Å². The first-order valence-electron chi connectivity index (χ1n) is 11.1. The Bertz CT molecular complexity index is 1020. The first kappa shape index (κ1) is 20.7. The van der Waals surface area contributed by atoms with Gasteiger partial charge in [-0.1, -0.05) is 30.3 Å². The average molecular weight is 434 g/mol. The van der Waals surface area contributed by atoms with Crippen LogP contribution in [0.1, 0.15) is 42.4 Å². The molecule has 4 heterocycles. The molecule has 7 nitrogen and oxygen atoms in total. The first-order valence-corrected chi connectivity index (χ1v) is 11.1. The Kier molecular flexibility index (Phi) is 6.18. The quantitative estimate of drug-likeness (QED) is 0.532. The second kappa shape index (κ2) is 9.54. The van der Waals surface area contributed by atoms with Gasteiger partial charge in [0.15, 0.2) is 0 Å². The fraction of sp³-hybridized carbons (Fsp3) is 0.360. The SMILES string of the molecule is O=C(CN(Cc1ccccc1)CC1CCCO1)N1N=C(c2ccco2)CC1c1ccco1. The fourth-order valence-electron chi connectivity index (χ4n) is 4.40. The van der Waals surface area contributed by atoms with Crippen LogP contribution in [0, 0.1) is 0 Å². The summed E-state index contributed by atoms with van der Waals surface area (Å²) in [5.74, 6) is 1.33. The van der Waals surface area contributed by atoms with Crippen LogP contribution in [0.25, 0.3) is 0 Å². The maximum absolute atomic E-state index is 13.5. The zero-order chi connectivity index (χ0) is 21.8. The molecule has 1 fully saturated rings. The van der Waals surface area contributed by atoms with Crippen LogP contribution in [-0.4, -0.2) is 47.3 Å². The Hall–Kier alpha value is -3.16. The van der Waals surface area contributed by atoms with Crippen LogP contribution in [0.5, 0.6) is 0 Å². The molecule has 0 spiro atoms. The molecule has 7 heteroatoms. The lowest BCUT2D eigenvalue weighted by Crippen LogP contribution is -2.41. The third-order valence-corrected chi connectivity index (χ3v) is 5.94. The third kappa shape index (κ3) is 4.69. The summed E-state index contributed by atoms with van der Waals surface area (Å²) in [6.45, 7) is 2.44. The van der Waals surface area contributed by atoms with Gasteiger partial charge >= 0.3 is 0 Å². The molecule has 2 aromatic heterocycles. The van der Waals surface area contributed by atoms with Crippen LogP contribution >= 0.6 is 0 Å². The van der Waals surface area contributed by atoms with Crippen LogP contribution < -0.4 is 0 Å². The Morgan fingerprint density at radius 1 is 1.06 bits per heavy atom. The molecule has 0 bridgehead atoms. The zero-order valence-corrected chi connectivity index (χ0v) is 17.9. The van der Waals surface area contributed by atoms with E-state index in [0.717, 1.165) is 30.9 Å². The highest BCUT2D eigenvalue weighted by molar-refractivity contribution is 6.01. The van der Waals surface area contributed by atoms with Crippen molar-refractivity contribution in [1.29, 1.82) is 0 Å². The lowest BCUT2D eigenvalue weighted by Gasteiger charge is -2.27. The van der Waals surface area contributed by atoms with E-state index in [0.29, 0.717) is 25.3 Å². The summed E-state index contributed by atoms with van der Waals surface area (Å²) in [6, 6.07) is 17.4. The van der Waals surface area contributed by atoms with E-state index < -0.39 is 0 Å². The molecule has 2 unspecified atom stereocenters. The van der Waals surface area contributed by atoms with Gasteiger partial charge in [0.2, 0.25) is 0 Å². The minimum atomic E-state index is -0.279. The molecule has 166 valence electrons. The van der Waals surface area contributed by atoms with Crippen molar-refractivity contribution in [3.05, 3.63) is 84.2 Å². The molecule has 0 aliphatic carbocycles. The number of hydrazone groups is 1. The number of rotatable bonds is 8. The van der Waals surface area contributed by atoms with Gasteiger partial charge in [0.05, 0.1) is 25.2 Å². The number of carbonyl (C=O) groups is 1. The molecule has 3 aromatic rings. The van der Waals surface area contributed by atoms with E-state index in [1.165, 1.54) is 5.56 Å². The summed E-state index contributed by atoms with van der Waals surface area (Å²) in [4.78, 5) is 15.7. The van der Waals surface area contributed by atoms with Gasteiger partial charge in [-0.2, -0.15) is 5.10 Å². The molecule has 1 amide bonds. The maximum Gasteiger partial charge on any atom is 0.257 e. The number of hydrogen-bond acceptors (Lipinski definition) is 6. The van der Waals surface area contributed by atoms with Gasteiger partial charge in [-0.25, -0.2) is 5.01 Å². The molecule has 1 aromatic carbocycles. The summed E-state index contributed by atoms with van der Waals surface area (Å²) < 4.78 is 17.0. The van der Waals surface area contributed by atoms with Gasteiger partial charge < -0.3 is 13.6 Å². The number of nitrogens with zero attached hydrogens (tertiary/aromatic N) is 3. The first-order chi connectivity index (χ1) is 15.8. The Balaban J connectivity index is 1.36. The molecular weight excluding hydrogens is 406 g/mol. The Labute approximate surface area is 187 Å². The van der Waals surface area contributed by atoms with E-state index >= 15 is 0 Å². The van der Waals surface area contributed by atoms with Crippen LogP contribution in [0.2, 0.25) is 0 Å². The molecule has 32 heavy (non-hydrogen) atoms. The summed E-state index contributed by atoms with van der Waals surface area (Å²) >= 11 is 0. The number of furan rings is 2.